The fourth-order valence-corrected chi connectivity index (χ4v) is 5.94. The molecule has 1 saturated carbocycles. The van der Waals surface area contributed by atoms with Crippen LogP contribution in [0.15, 0.2) is 48.7 Å². The van der Waals surface area contributed by atoms with E-state index in [0.29, 0.717) is 6.42 Å². The summed E-state index contributed by atoms with van der Waals surface area (Å²) in [6.45, 7) is -0.348. The number of pyridine rings is 1. The number of alkyl halides is 3. The summed E-state index contributed by atoms with van der Waals surface area (Å²) in [6, 6.07) is 8.70. The zero-order valence-electron chi connectivity index (χ0n) is 21.2. The lowest BCUT2D eigenvalue weighted by atomic mass is 9.97. The Balaban J connectivity index is 1.31. The van der Waals surface area contributed by atoms with Gasteiger partial charge in [-0.05, 0) is 65.3 Å². The van der Waals surface area contributed by atoms with Crippen molar-refractivity contribution in [1.82, 2.24) is 4.98 Å². The number of aliphatic carboxylic acids is 1. The maximum atomic E-state index is 14.6. The van der Waals surface area contributed by atoms with Crippen LogP contribution in [0, 0.1) is 17.7 Å². The molecule has 212 valence electrons. The fourth-order valence-electron chi connectivity index (χ4n) is 5.30. The van der Waals surface area contributed by atoms with Crippen molar-refractivity contribution in [1.29, 1.82) is 0 Å². The van der Waals surface area contributed by atoms with Gasteiger partial charge < -0.3 is 14.6 Å². The largest absolute Gasteiger partial charge is 0.494 e. The third kappa shape index (κ3) is 5.91. The van der Waals surface area contributed by atoms with Crippen LogP contribution in [-0.4, -0.2) is 43.1 Å². The summed E-state index contributed by atoms with van der Waals surface area (Å²) in [5.74, 6) is -1.87. The van der Waals surface area contributed by atoms with Gasteiger partial charge in [-0.25, -0.2) is 17.8 Å². The summed E-state index contributed by atoms with van der Waals surface area (Å²) in [7, 11) is -3.22. The minimum Gasteiger partial charge on any atom is -0.494 e. The molecule has 0 spiro atoms. The Morgan fingerprint density at radius 2 is 1.90 bits per heavy atom. The van der Waals surface area contributed by atoms with Gasteiger partial charge in [0.05, 0.1) is 23.8 Å². The second-order valence-electron chi connectivity index (χ2n) is 10.1. The van der Waals surface area contributed by atoms with Crippen LogP contribution in [0.3, 0.4) is 0 Å². The number of ether oxygens (including phenoxy) is 2. The quantitative estimate of drug-likeness (QED) is 0.258. The van der Waals surface area contributed by atoms with E-state index in [1.807, 2.05) is 0 Å². The zero-order valence-corrected chi connectivity index (χ0v) is 22.1. The van der Waals surface area contributed by atoms with E-state index in [1.165, 1.54) is 24.3 Å². The zero-order chi connectivity index (χ0) is 28.8. The lowest BCUT2D eigenvalue weighted by molar-refractivity contribution is -0.139. The van der Waals surface area contributed by atoms with Gasteiger partial charge in [-0.1, -0.05) is 12.1 Å². The molecule has 2 aliphatic rings. The summed E-state index contributed by atoms with van der Waals surface area (Å²) >= 11 is 0. The van der Waals surface area contributed by atoms with Crippen LogP contribution in [0.1, 0.15) is 34.6 Å². The molecule has 7 nitrogen and oxygen atoms in total. The fraction of sp³-hybridized carbons (Fsp3) is 0.357. The van der Waals surface area contributed by atoms with E-state index in [0.717, 1.165) is 29.5 Å². The minimum absolute atomic E-state index is 0.0304. The van der Waals surface area contributed by atoms with Gasteiger partial charge in [0, 0.05) is 30.0 Å². The minimum atomic E-state index is -4.73. The molecule has 5 rings (SSSR count). The first-order valence-electron chi connectivity index (χ1n) is 12.5. The SMILES string of the molecule is CS(=O)(=O)CCCOc1ccc(-c2ccc(F)c(COc3cc4c(cn3)C3C(C4)[C@@H]3C(=O)O)c2)c(C(F)(F)F)c1. The maximum Gasteiger partial charge on any atom is 0.417 e. The van der Waals surface area contributed by atoms with E-state index in [2.05, 4.69) is 4.98 Å². The molecule has 0 bridgehead atoms. The third-order valence-electron chi connectivity index (χ3n) is 7.22. The number of carboxylic acid groups (broad SMARTS) is 1. The average molecular weight is 580 g/mol. The van der Waals surface area contributed by atoms with E-state index in [-0.39, 0.29) is 71.5 Å². The number of carbonyl (C=O) groups is 1. The maximum absolute atomic E-state index is 14.6. The normalized spacial score (nSPS) is 19.6. The number of rotatable bonds is 10. The number of hydrogen-bond acceptors (Lipinski definition) is 6. The van der Waals surface area contributed by atoms with Crippen molar-refractivity contribution in [3.63, 3.8) is 0 Å². The molecule has 1 fully saturated rings. The first-order valence-corrected chi connectivity index (χ1v) is 14.5. The Bertz CT molecular complexity index is 1570. The Kier molecular flexibility index (Phi) is 7.24. The van der Waals surface area contributed by atoms with E-state index in [4.69, 9.17) is 9.47 Å². The van der Waals surface area contributed by atoms with Gasteiger partial charge >= 0.3 is 12.1 Å². The summed E-state index contributed by atoms with van der Waals surface area (Å²) in [6.07, 6.45) is -1.37. The van der Waals surface area contributed by atoms with Gasteiger partial charge in [-0.3, -0.25) is 4.79 Å². The van der Waals surface area contributed by atoms with Crippen molar-refractivity contribution < 1.29 is 45.4 Å². The number of sulfone groups is 1. The molecule has 0 aliphatic heterocycles. The van der Waals surface area contributed by atoms with Gasteiger partial charge in [-0.2, -0.15) is 13.2 Å². The van der Waals surface area contributed by atoms with Gasteiger partial charge in [0.2, 0.25) is 5.88 Å². The number of fused-ring (bicyclic) bond motifs is 3. The van der Waals surface area contributed by atoms with E-state index < -0.39 is 33.4 Å². The lowest BCUT2D eigenvalue weighted by Crippen LogP contribution is -2.10. The summed E-state index contributed by atoms with van der Waals surface area (Å²) in [5.41, 5.74) is 0.797. The van der Waals surface area contributed by atoms with Crippen molar-refractivity contribution in [2.45, 2.75) is 31.5 Å². The Morgan fingerprint density at radius 3 is 2.60 bits per heavy atom. The molecule has 3 aromatic rings. The monoisotopic (exact) mass is 579 g/mol. The Hall–Kier alpha value is -3.67. The predicted octanol–water partition coefficient (Wildman–Crippen LogP) is 5.27. The first kappa shape index (κ1) is 27.9. The van der Waals surface area contributed by atoms with Crippen molar-refractivity contribution in [2.24, 2.45) is 11.8 Å². The highest BCUT2D eigenvalue weighted by Crippen LogP contribution is 2.61. The molecule has 2 unspecified atom stereocenters. The second kappa shape index (κ2) is 10.4. The van der Waals surface area contributed by atoms with E-state index >= 15 is 0 Å². The lowest BCUT2D eigenvalue weighted by Gasteiger charge is -2.16. The molecule has 1 aromatic heterocycles. The number of nitrogens with zero attached hydrogens (tertiary/aromatic N) is 1. The van der Waals surface area contributed by atoms with Gasteiger partial charge in [0.15, 0.2) is 0 Å². The smallest absolute Gasteiger partial charge is 0.417 e. The van der Waals surface area contributed by atoms with Crippen molar-refractivity contribution in [3.05, 3.63) is 76.7 Å². The number of carboxylic acids is 1. The molecule has 0 amide bonds. The summed E-state index contributed by atoms with van der Waals surface area (Å²) in [4.78, 5) is 15.5. The third-order valence-corrected chi connectivity index (χ3v) is 8.25. The number of benzene rings is 2. The molecule has 1 N–H and O–H groups in total. The molecule has 12 heteroatoms. The average Bonchev–Trinajstić information content (AvgIpc) is 3.47. The highest BCUT2D eigenvalue weighted by Gasteiger charge is 2.59. The Morgan fingerprint density at radius 1 is 1.12 bits per heavy atom. The van der Waals surface area contributed by atoms with Crippen LogP contribution in [-0.2, 0) is 33.8 Å². The number of aromatic nitrogens is 1. The molecule has 1 heterocycles. The molecule has 3 atom stereocenters. The molecule has 0 radical (unpaired) electrons. The standard InChI is InChI=1S/C28H25F4NO6S/c1-40(36,37)8-2-7-38-18-4-5-19(22(12-18)28(30,31)32)15-3-6-23(29)17(9-15)14-39-24-11-16-10-20-25(21(16)13-33-24)26(20)27(34)35/h3-6,9,11-13,20,25-26H,2,7-8,10,14H2,1H3,(H,34,35)/t20?,25?,26-/m0/s1. The van der Waals surface area contributed by atoms with Crippen LogP contribution in [0.4, 0.5) is 17.6 Å². The van der Waals surface area contributed by atoms with E-state index in [9.17, 15) is 35.9 Å². The van der Waals surface area contributed by atoms with Crippen LogP contribution < -0.4 is 9.47 Å². The second-order valence-corrected chi connectivity index (χ2v) is 12.4. The topological polar surface area (TPSA) is 103 Å². The molecular weight excluding hydrogens is 554 g/mol. The number of hydrogen-bond donors (Lipinski definition) is 1. The predicted molar refractivity (Wildman–Crippen MR) is 136 cm³/mol. The molecule has 0 saturated heterocycles. The van der Waals surface area contributed by atoms with Crippen molar-refractivity contribution in [2.75, 3.05) is 18.6 Å². The van der Waals surface area contributed by atoms with Crippen LogP contribution in [0.2, 0.25) is 0 Å². The summed E-state index contributed by atoms with van der Waals surface area (Å²) < 4.78 is 89.9. The molecule has 2 aromatic carbocycles. The van der Waals surface area contributed by atoms with Crippen molar-refractivity contribution >= 4 is 15.8 Å². The van der Waals surface area contributed by atoms with Gasteiger partial charge in [0.1, 0.15) is 28.0 Å². The molecule has 40 heavy (non-hydrogen) atoms. The van der Waals surface area contributed by atoms with Gasteiger partial charge in [0.25, 0.3) is 0 Å². The van der Waals surface area contributed by atoms with Gasteiger partial charge in [-0.15, -0.1) is 0 Å². The first-order chi connectivity index (χ1) is 18.8. The van der Waals surface area contributed by atoms with Crippen LogP contribution >= 0.6 is 0 Å². The van der Waals surface area contributed by atoms with Crippen LogP contribution in [0.5, 0.6) is 11.6 Å². The summed E-state index contributed by atoms with van der Waals surface area (Å²) in [5, 5.41) is 9.26. The Labute approximate surface area is 227 Å². The van der Waals surface area contributed by atoms with Crippen LogP contribution in [0.25, 0.3) is 11.1 Å². The highest BCUT2D eigenvalue weighted by molar-refractivity contribution is 7.90. The van der Waals surface area contributed by atoms with Crippen molar-refractivity contribution in [3.8, 4) is 22.8 Å². The number of halogens is 4. The highest BCUT2D eigenvalue weighted by atomic mass is 32.2. The molecular formula is C28H25F4NO6S. The van der Waals surface area contributed by atoms with E-state index in [1.54, 1.807) is 12.3 Å². The molecule has 2 aliphatic carbocycles.